The molecule has 0 aliphatic carbocycles. The van der Waals surface area contributed by atoms with Crippen LogP contribution < -0.4 is 4.74 Å². The Morgan fingerprint density at radius 3 is 2.87 bits per heavy atom. The molecule has 7 nitrogen and oxygen atoms in total. The van der Waals surface area contributed by atoms with Crippen LogP contribution >= 0.6 is 0 Å². The van der Waals surface area contributed by atoms with Crippen LogP contribution in [0, 0.1) is 0 Å². The molecule has 1 saturated heterocycles. The molecule has 4 rings (SSSR count). The third-order valence-electron chi connectivity index (χ3n) is 5.48. The van der Waals surface area contributed by atoms with E-state index in [4.69, 9.17) is 9.26 Å². The number of rotatable bonds is 4. The molecule has 164 valence electrons. The van der Waals surface area contributed by atoms with E-state index in [-0.39, 0.29) is 34.9 Å². The highest BCUT2D eigenvalue weighted by Crippen LogP contribution is 2.40. The molecule has 0 aromatic carbocycles. The quantitative estimate of drug-likeness (QED) is 0.611. The van der Waals surface area contributed by atoms with Crippen molar-refractivity contribution < 1.29 is 27.2 Å². The van der Waals surface area contributed by atoms with Crippen molar-refractivity contribution in [2.75, 3.05) is 20.2 Å². The van der Waals surface area contributed by atoms with Crippen molar-refractivity contribution in [1.29, 1.82) is 0 Å². The van der Waals surface area contributed by atoms with Gasteiger partial charge in [-0.15, -0.1) is 0 Å². The number of likely N-dealkylation sites (tertiary alicyclic amines) is 1. The molecule has 1 fully saturated rings. The van der Waals surface area contributed by atoms with E-state index in [1.165, 1.54) is 19.4 Å². The molecule has 0 spiro atoms. The Labute approximate surface area is 176 Å². The Morgan fingerprint density at radius 1 is 1.35 bits per heavy atom. The van der Waals surface area contributed by atoms with Crippen molar-refractivity contribution in [3.8, 4) is 5.88 Å². The van der Waals surface area contributed by atoms with Gasteiger partial charge in [0.2, 0.25) is 5.88 Å². The summed E-state index contributed by atoms with van der Waals surface area (Å²) in [6.45, 7) is 2.46. The maximum atomic E-state index is 13.8. The second kappa shape index (κ2) is 8.16. The molecule has 0 radical (unpaired) electrons. The van der Waals surface area contributed by atoms with E-state index in [0.717, 1.165) is 6.07 Å². The van der Waals surface area contributed by atoms with Gasteiger partial charge in [0.25, 0.3) is 11.6 Å². The molecule has 0 saturated carbocycles. The normalized spacial score (nSPS) is 17.2. The SMILES string of the molecule is CCc1cc(C(F)(F)F)c2c([C@H]3CCCN(C(=O)c4ccnc(OC)c4)C3)noc2n1. The van der Waals surface area contributed by atoms with Crippen molar-refractivity contribution in [3.05, 3.63) is 46.9 Å². The Morgan fingerprint density at radius 2 is 2.16 bits per heavy atom. The van der Waals surface area contributed by atoms with Crippen molar-refractivity contribution in [2.24, 2.45) is 0 Å². The molecule has 0 bridgehead atoms. The highest BCUT2D eigenvalue weighted by molar-refractivity contribution is 5.94. The molecule has 3 aromatic heterocycles. The van der Waals surface area contributed by atoms with Crippen LogP contribution in [0.1, 0.15) is 53.0 Å². The van der Waals surface area contributed by atoms with Crippen molar-refractivity contribution in [3.63, 3.8) is 0 Å². The Balaban J connectivity index is 1.68. The fourth-order valence-corrected chi connectivity index (χ4v) is 3.93. The summed E-state index contributed by atoms with van der Waals surface area (Å²) in [6.07, 6.45) is -1.52. The summed E-state index contributed by atoms with van der Waals surface area (Å²) in [5, 5.41) is 3.84. The average Bonchev–Trinajstić information content (AvgIpc) is 3.21. The van der Waals surface area contributed by atoms with E-state index in [2.05, 4.69) is 15.1 Å². The van der Waals surface area contributed by atoms with Crippen LogP contribution in [0.15, 0.2) is 28.9 Å². The van der Waals surface area contributed by atoms with Crippen LogP contribution in [0.5, 0.6) is 5.88 Å². The first kappa shape index (κ1) is 21.1. The first-order chi connectivity index (χ1) is 14.8. The number of carbonyl (C=O) groups excluding carboxylic acids is 1. The van der Waals surface area contributed by atoms with E-state index in [0.29, 0.717) is 37.3 Å². The number of alkyl halides is 3. The van der Waals surface area contributed by atoms with Gasteiger partial charge in [0.15, 0.2) is 0 Å². The van der Waals surface area contributed by atoms with Gasteiger partial charge in [-0.25, -0.2) is 9.97 Å². The summed E-state index contributed by atoms with van der Waals surface area (Å²) in [6, 6.07) is 4.17. The molecular formula is C21H21F3N4O3. The summed E-state index contributed by atoms with van der Waals surface area (Å²) < 4.78 is 51.6. The number of methoxy groups -OCH3 is 1. The lowest BCUT2D eigenvalue weighted by Crippen LogP contribution is -2.39. The number of aromatic nitrogens is 3. The zero-order chi connectivity index (χ0) is 22.2. The summed E-state index contributed by atoms with van der Waals surface area (Å²) in [5.74, 6) is -0.312. The number of carbonyl (C=O) groups is 1. The molecule has 0 N–H and O–H groups in total. The molecule has 3 aromatic rings. The predicted molar refractivity (Wildman–Crippen MR) is 105 cm³/mol. The van der Waals surface area contributed by atoms with Crippen LogP contribution in [0.3, 0.4) is 0 Å². The van der Waals surface area contributed by atoms with E-state index in [1.54, 1.807) is 17.9 Å². The van der Waals surface area contributed by atoms with Crippen LogP contribution in [0.25, 0.3) is 11.1 Å². The number of piperidine rings is 1. The number of aryl methyl sites for hydroxylation is 1. The third-order valence-corrected chi connectivity index (χ3v) is 5.48. The molecular weight excluding hydrogens is 413 g/mol. The Kier molecular flexibility index (Phi) is 5.55. The first-order valence-electron chi connectivity index (χ1n) is 9.97. The minimum atomic E-state index is -4.57. The van der Waals surface area contributed by atoms with Gasteiger partial charge in [0, 0.05) is 42.5 Å². The van der Waals surface area contributed by atoms with E-state index in [1.807, 2.05) is 0 Å². The minimum absolute atomic E-state index is 0.116. The van der Waals surface area contributed by atoms with Gasteiger partial charge in [0.05, 0.1) is 23.8 Å². The second-order valence-electron chi connectivity index (χ2n) is 7.44. The number of nitrogens with zero attached hydrogens (tertiary/aromatic N) is 4. The predicted octanol–water partition coefficient (Wildman–Crippen LogP) is 4.23. The van der Waals surface area contributed by atoms with E-state index < -0.39 is 17.7 Å². The van der Waals surface area contributed by atoms with Crippen LogP contribution in [-0.2, 0) is 12.6 Å². The van der Waals surface area contributed by atoms with Crippen LogP contribution in [-0.4, -0.2) is 46.1 Å². The zero-order valence-corrected chi connectivity index (χ0v) is 17.1. The minimum Gasteiger partial charge on any atom is -0.481 e. The Bertz CT molecular complexity index is 1110. The van der Waals surface area contributed by atoms with E-state index >= 15 is 0 Å². The lowest BCUT2D eigenvalue weighted by molar-refractivity contribution is -0.136. The highest BCUT2D eigenvalue weighted by atomic mass is 19.4. The molecule has 1 atom stereocenters. The van der Waals surface area contributed by atoms with Gasteiger partial charge in [0.1, 0.15) is 0 Å². The number of halogens is 3. The largest absolute Gasteiger partial charge is 0.481 e. The maximum Gasteiger partial charge on any atom is 0.417 e. The van der Waals surface area contributed by atoms with Crippen LogP contribution in [0.2, 0.25) is 0 Å². The van der Waals surface area contributed by atoms with E-state index in [9.17, 15) is 18.0 Å². The fourth-order valence-electron chi connectivity index (χ4n) is 3.93. The van der Waals surface area contributed by atoms with Gasteiger partial charge in [-0.2, -0.15) is 13.2 Å². The molecule has 10 heteroatoms. The molecule has 0 unspecified atom stereocenters. The smallest absolute Gasteiger partial charge is 0.417 e. The third kappa shape index (κ3) is 4.06. The van der Waals surface area contributed by atoms with Gasteiger partial charge < -0.3 is 14.2 Å². The number of hydrogen-bond donors (Lipinski definition) is 0. The number of pyridine rings is 2. The molecule has 4 heterocycles. The lowest BCUT2D eigenvalue weighted by atomic mass is 9.91. The summed E-state index contributed by atoms with van der Waals surface area (Å²) >= 11 is 0. The first-order valence-corrected chi connectivity index (χ1v) is 9.97. The number of ether oxygens (including phenoxy) is 1. The second-order valence-corrected chi connectivity index (χ2v) is 7.44. The van der Waals surface area contributed by atoms with Gasteiger partial charge in [-0.1, -0.05) is 12.1 Å². The van der Waals surface area contributed by atoms with Crippen LogP contribution in [0.4, 0.5) is 13.2 Å². The fraction of sp³-hybridized carbons (Fsp3) is 0.429. The molecule has 31 heavy (non-hydrogen) atoms. The zero-order valence-electron chi connectivity index (χ0n) is 17.1. The van der Waals surface area contributed by atoms with Crippen molar-refractivity contribution in [1.82, 2.24) is 20.0 Å². The average molecular weight is 434 g/mol. The summed E-state index contributed by atoms with van der Waals surface area (Å²) in [5.41, 5.74) is -0.0310. The number of amides is 1. The Hall–Kier alpha value is -3.17. The van der Waals surface area contributed by atoms with Crippen molar-refractivity contribution in [2.45, 2.75) is 38.3 Å². The monoisotopic (exact) mass is 434 g/mol. The van der Waals surface area contributed by atoms with Gasteiger partial charge >= 0.3 is 6.18 Å². The van der Waals surface area contributed by atoms with Gasteiger partial charge in [-0.05, 0) is 31.4 Å². The molecule has 1 amide bonds. The van der Waals surface area contributed by atoms with Crippen molar-refractivity contribution >= 4 is 17.0 Å². The topological polar surface area (TPSA) is 81.4 Å². The maximum absolute atomic E-state index is 13.8. The number of hydrogen-bond acceptors (Lipinski definition) is 6. The standard InChI is InChI=1S/C21H21F3N4O3/c1-3-14-10-15(21(22,23)24)17-18(27-31-19(17)26-14)13-5-4-8-28(11-13)20(29)12-6-7-25-16(9-12)30-2/h6-7,9-10,13H,3-5,8,11H2,1-2H3/t13-/m0/s1. The lowest BCUT2D eigenvalue weighted by Gasteiger charge is -2.32. The number of fused-ring (bicyclic) bond motifs is 1. The molecule has 1 aliphatic heterocycles. The summed E-state index contributed by atoms with van der Waals surface area (Å²) in [7, 11) is 1.46. The van der Waals surface area contributed by atoms with Gasteiger partial charge in [-0.3, -0.25) is 4.79 Å². The highest BCUT2D eigenvalue weighted by Gasteiger charge is 2.38. The molecule has 1 aliphatic rings. The summed E-state index contributed by atoms with van der Waals surface area (Å²) in [4.78, 5) is 22.7.